The Morgan fingerprint density at radius 3 is 2.21 bits per heavy atom. The Morgan fingerprint density at radius 1 is 1.00 bits per heavy atom. The van der Waals surface area contributed by atoms with E-state index in [4.69, 9.17) is 11.6 Å². The lowest BCUT2D eigenvalue weighted by atomic mass is 10.0. The summed E-state index contributed by atoms with van der Waals surface area (Å²) in [4.78, 5) is 8.13. The lowest BCUT2D eigenvalue weighted by Gasteiger charge is -2.13. The van der Waals surface area contributed by atoms with E-state index in [0.717, 1.165) is 6.07 Å². The van der Waals surface area contributed by atoms with Gasteiger partial charge >= 0.3 is 6.18 Å². The first kappa shape index (κ1) is 13.8. The summed E-state index contributed by atoms with van der Waals surface area (Å²) in [5, 5.41) is -0.0280. The van der Waals surface area contributed by atoms with E-state index in [1.165, 1.54) is 18.2 Å². The molecule has 0 aliphatic heterocycles. The van der Waals surface area contributed by atoms with Crippen LogP contribution in [0.5, 0.6) is 0 Å². The molecule has 0 saturated carbocycles. The molecule has 0 aliphatic carbocycles. The highest BCUT2D eigenvalue weighted by Crippen LogP contribution is 2.38. The molecule has 2 aromatic rings. The molecule has 0 fully saturated rings. The molecule has 0 N–H and O–H groups in total. The lowest BCUT2D eigenvalue weighted by molar-refractivity contribution is -0.137. The molecule has 2 rings (SSSR count). The van der Waals surface area contributed by atoms with Crippen molar-refractivity contribution < 1.29 is 13.2 Å². The summed E-state index contributed by atoms with van der Waals surface area (Å²) in [7, 11) is 0. The first-order chi connectivity index (χ1) is 8.80. The lowest BCUT2D eigenvalue weighted by Crippen LogP contribution is -2.08. The molecule has 0 atom stereocenters. The zero-order valence-electron chi connectivity index (χ0n) is 10.2. The van der Waals surface area contributed by atoms with Crippen molar-refractivity contribution in [2.75, 3.05) is 0 Å². The Hall–Kier alpha value is -1.62. The molecule has 1 aromatic carbocycles. The molecule has 0 saturated heterocycles. The normalized spacial score (nSPS) is 11.7. The van der Waals surface area contributed by atoms with Crippen LogP contribution in [0.1, 0.15) is 17.0 Å². The molecule has 0 bridgehead atoms. The van der Waals surface area contributed by atoms with Crippen molar-refractivity contribution in [1.29, 1.82) is 0 Å². The van der Waals surface area contributed by atoms with E-state index in [0.29, 0.717) is 11.4 Å². The number of nitrogens with zero attached hydrogens (tertiary/aromatic N) is 2. The average Bonchev–Trinajstić information content (AvgIpc) is 2.33. The van der Waals surface area contributed by atoms with Gasteiger partial charge in [0.25, 0.3) is 0 Å². The first-order valence-electron chi connectivity index (χ1n) is 5.48. The van der Waals surface area contributed by atoms with Crippen LogP contribution in [0.3, 0.4) is 0 Å². The Morgan fingerprint density at radius 2 is 1.58 bits per heavy atom. The number of hydrogen-bond donors (Lipinski definition) is 0. The van der Waals surface area contributed by atoms with Gasteiger partial charge in [-0.1, -0.05) is 29.8 Å². The van der Waals surface area contributed by atoms with Crippen LogP contribution in [-0.4, -0.2) is 9.97 Å². The molecule has 1 aromatic heterocycles. The highest BCUT2D eigenvalue weighted by atomic mass is 35.5. The van der Waals surface area contributed by atoms with Gasteiger partial charge in [0, 0.05) is 5.56 Å². The largest absolute Gasteiger partial charge is 0.417 e. The zero-order chi connectivity index (χ0) is 14.2. The SMILES string of the molecule is Cc1nc(Cl)c(-c2ccccc2C(F)(F)F)nc1C. The standard InChI is InChI=1S/C13H10ClF3N2/c1-7-8(2)19-12(14)11(18-7)9-5-3-4-6-10(9)13(15,16)17/h3-6H,1-2H3. The number of benzene rings is 1. The molecular formula is C13H10ClF3N2. The van der Waals surface area contributed by atoms with Gasteiger partial charge < -0.3 is 0 Å². The first-order valence-corrected chi connectivity index (χ1v) is 5.86. The van der Waals surface area contributed by atoms with Gasteiger partial charge in [-0.2, -0.15) is 13.2 Å². The molecule has 1 heterocycles. The number of halogens is 4. The molecular weight excluding hydrogens is 277 g/mol. The van der Waals surface area contributed by atoms with Crippen molar-refractivity contribution in [2.45, 2.75) is 20.0 Å². The molecule has 0 unspecified atom stereocenters. The van der Waals surface area contributed by atoms with Crippen molar-refractivity contribution >= 4 is 11.6 Å². The highest BCUT2D eigenvalue weighted by molar-refractivity contribution is 6.31. The van der Waals surface area contributed by atoms with Gasteiger partial charge in [-0.05, 0) is 19.9 Å². The van der Waals surface area contributed by atoms with Crippen LogP contribution in [0.2, 0.25) is 5.15 Å². The van der Waals surface area contributed by atoms with Crippen molar-refractivity contribution in [3.05, 3.63) is 46.4 Å². The van der Waals surface area contributed by atoms with E-state index in [9.17, 15) is 13.2 Å². The second-order valence-corrected chi connectivity index (χ2v) is 4.44. The summed E-state index contributed by atoms with van der Waals surface area (Å²) >= 11 is 5.92. The van der Waals surface area contributed by atoms with Crippen molar-refractivity contribution in [3.8, 4) is 11.3 Å². The van der Waals surface area contributed by atoms with E-state index in [2.05, 4.69) is 9.97 Å². The molecule has 0 amide bonds. The highest BCUT2D eigenvalue weighted by Gasteiger charge is 2.34. The molecule has 19 heavy (non-hydrogen) atoms. The topological polar surface area (TPSA) is 25.8 Å². The minimum atomic E-state index is -4.46. The zero-order valence-corrected chi connectivity index (χ0v) is 11.0. The maximum atomic E-state index is 13.0. The predicted octanol–water partition coefficient (Wildman–Crippen LogP) is 4.43. The molecule has 0 aliphatic rings. The summed E-state index contributed by atoms with van der Waals surface area (Å²) < 4.78 is 38.9. The second-order valence-electron chi connectivity index (χ2n) is 4.08. The second kappa shape index (κ2) is 4.81. The van der Waals surface area contributed by atoms with Crippen molar-refractivity contribution in [1.82, 2.24) is 9.97 Å². The summed E-state index contributed by atoms with van der Waals surface area (Å²) in [5.41, 5.74) is 0.373. The van der Waals surface area contributed by atoms with Crippen LogP contribution in [0, 0.1) is 13.8 Å². The minimum absolute atomic E-state index is 0.0280. The maximum absolute atomic E-state index is 13.0. The van der Waals surface area contributed by atoms with Crippen LogP contribution in [0.4, 0.5) is 13.2 Å². The van der Waals surface area contributed by atoms with Crippen molar-refractivity contribution in [3.63, 3.8) is 0 Å². The molecule has 0 spiro atoms. The Labute approximate surface area is 113 Å². The Kier molecular flexibility index (Phi) is 3.49. The summed E-state index contributed by atoms with van der Waals surface area (Å²) in [6, 6.07) is 5.18. The van der Waals surface area contributed by atoms with E-state index in [-0.39, 0.29) is 16.4 Å². The third-order valence-electron chi connectivity index (χ3n) is 2.75. The number of rotatable bonds is 1. The molecule has 6 heteroatoms. The minimum Gasteiger partial charge on any atom is -0.248 e. The molecule has 100 valence electrons. The third kappa shape index (κ3) is 2.71. The van der Waals surface area contributed by atoms with Crippen molar-refractivity contribution in [2.24, 2.45) is 0 Å². The fourth-order valence-corrected chi connectivity index (χ4v) is 1.95. The number of aromatic nitrogens is 2. The van der Waals surface area contributed by atoms with Gasteiger partial charge in [0.05, 0.1) is 17.0 Å². The molecule has 0 radical (unpaired) electrons. The summed E-state index contributed by atoms with van der Waals surface area (Å²) in [5.74, 6) is 0. The maximum Gasteiger partial charge on any atom is 0.417 e. The van der Waals surface area contributed by atoms with E-state index in [1.54, 1.807) is 13.8 Å². The fourth-order valence-electron chi connectivity index (χ4n) is 1.68. The smallest absolute Gasteiger partial charge is 0.248 e. The van der Waals surface area contributed by atoms with Gasteiger partial charge in [0.15, 0.2) is 5.15 Å². The summed E-state index contributed by atoms with van der Waals surface area (Å²) in [6.45, 7) is 3.38. The van der Waals surface area contributed by atoms with Crippen LogP contribution in [-0.2, 0) is 6.18 Å². The van der Waals surface area contributed by atoms with Crippen LogP contribution in [0.25, 0.3) is 11.3 Å². The van der Waals surface area contributed by atoms with Gasteiger partial charge in [0.2, 0.25) is 0 Å². The van der Waals surface area contributed by atoms with E-state index in [1.807, 2.05) is 0 Å². The number of aryl methyl sites for hydroxylation is 2. The van der Waals surface area contributed by atoms with Gasteiger partial charge in [-0.15, -0.1) is 0 Å². The quantitative estimate of drug-likeness (QED) is 0.775. The predicted molar refractivity (Wildman–Crippen MR) is 67.0 cm³/mol. The average molecular weight is 287 g/mol. The van der Waals surface area contributed by atoms with Gasteiger partial charge in [0.1, 0.15) is 5.69 Å². The number of hydrogen-bond acceptors (Lipinski definition) is 2. The summed E-state index contributed by atoms with van der Waals surface area (Å²) in [6.07, 6.45) is -4.46. The fraction of sp³-hybridized carbons (Fsp3) is 0.231. The monoisotopic (exact) mass is 286 g/mol. The van der Waals surface area contributed by atoms with Crippen LogP contribution >= 0.6 is 11.6 Å². The third-order valence-corrected chi connectivity index (χ3v) is 3.02. The number of alkyl halides is 3. The Bertz CT molecular complexity index is 624. The van der Waals surface area contributed by atoms with Crippen LogP contribution in [0.15, 0.2) is 24.3 Å². The van der Waals surface area contributed by atoms with Gasteiger partial charge in [-0.3, -0.25) is 0 Å². The van der Waals surface area contributed by atoms with Crippen LogP contribution < -0.4 is 0 Å². The van der Waals surface area contributed by atoms with E-state index < -0.39 is 11.7 Å². The van der Waals surface area contributed by atoms with Gasteiger partial charge in [-0.25, -0.2) is 9.97 Å². The Balaban J connectivity index is 2.70. The molecule has 2 nitrogen and oxygen atoms in total. The van der Waals surface area contributed by atoms with E-state index >= 15 is 0 Å².